The molecule has 0 spiro atoms. The van der Waals surface area contributed by atoms with Crippen LogP contribution in [0.5, 0.6) is 0 Å². The molecule has 86 valence electrons. The molecule has 0 bridgehead atoms. The van der Waals surface area contributed by atoms with E-state index >= 15 is 0 Å². The molecule has 0 aliphatic heterocycles. The first-order valence-corrected chi connectivity index (χ1v) is 5.78. The molecular formula is C10H18N2O2S. The lowest BCUT2D eigenvalue weighted by molar-refractivity contribution is 0.176. The van der Waals surface area contributed by atoms with Crippen LogP contribution < -0.4 is 10.6 Å². The maximum absolute atomic E-state index is 10.9. The van der Waals surface area contributed by atoms with Gasteiger partial charge in [0.05, 0.1) is 7.11 Å². The van der Waals surface area contributed by atoms with Crippen LogP contribution in [0.2, 0.25) is 0 Å². The van der Waals surface area contributed by atoms with E-state index in [1.807, 2.05) is 0 Å². The topological polar surface area (TPSA) is 50.4 Å². The number of alkyl carbamates (subject to hydrolysis) is 1. The summed E-state index contributed by atoms with van der Waals surface area (Å²) in [6.45, 7) is 0. The molecule has 0 radical (unpaired) electrons. The third kappa shape index (κ3) is 4.97. The maximum Gasteiger partial charge on any atom is 0.413 e. The largest absolute Gasteiger partial charge is 0.453 e. The Morgan fingerprint density at radius 3 is 2.40 bits per heavy atom. The first kappa shape index (κ1) is 12.2. The minimum absolute atomic E-state index is 0.369. The second-order valence-corrected chi connectivity index (χ2v) is 4.19. The van der Waals surface area contributed by atoms with Crippen molar-refractivity contribution in [3.8, 4) is 0 Å². The zero-order chi connectivity index (χ0) is 11.1. The Hall–Kier alpha value is -0.840. The number of thiocarbonyl (C=S) groups is 1. The highest BCUT2D eigenvalue weighted by Crippen LogP contribution is 2.16. The summed E-state index contributed by atoms with van der Waals surface area (Å²) in [6, 6.07) is 0.400. The molecule has 0 aromatic carbocycles. The molecule has 0 aromatic rings. The molecule has 1 fully saturated rings. The average molecular weight is 230 g/mol. The van der Waals surface area contributed by atoms with Gasteiger partial charge in [-0.3, -0.25) is 5.32 Å². The summed E-state index contributed by atoms with van der Waals surface area (Å²) in [7, 11) is 1.32. The third-order valence-corrected chi connectivity index (χ3v) is 2.81. The van der Waals surface area contributed by atoms with Gasteiger partial charge in [-0.05, 0) is 25.1 Å². The fraction of sp³-hybridized carbons (Fsp3) is 0.800. The van der Waals surface area contributed by atoms with Crippen molar-refractivity contribution in [2.75, 3.05) is 7.11 Å². The van der Waals surface area contributed by atoms with Crippen LogP contribution in [-0.4, -0.2) is 24.4 Å². The first-order chi connectivity index (χ1) is 7.22. The van der Waals surface area contributed by atoms with E-state index in [9.17, 15) is 4.79 Å². The highest BCUT2D eigenvalue weighted by molar-refractivity contribution is 7.80. The molecule has 4 nitrogen and oxygen atoms in total. The molecule has 1 aliphatic carbocycles. The van der Waals surface area contributed by atoms with E-state index in [0.717, 1.165) is 12.8 Å². The van der Waals surface area contributed by atoms with Crippen molar-refractivity contribution < 1.29 is 9.53 Å². The van der Waals surface area contributed by atoms with Gasteiger partial charge in [0, 0.05) is 6.04 Å². The number of hydrogen-bond acceptors (Lipinski definition) is 3. The summed E-state index contributed by atoms with van der Waals surface area (Å²) in [5.74, 6) is 0. The van der Waals surface area contributed by atoms with Gasteiger partial charge in [-0.25, -0.2) is 4.79 Å². The first-order valence-electron chi connectivity index (χ1n) is 5.38. The Balaban J connectivity index is 2.26. The van der Waals surface area contributed by atoms with Crippen molar-refractivity contribution in [1.29, 1.82) is 0 Å². The molecule has 0 aromatic heterocycles. The van der Waals surface area contributed by atoms with Gasteiger partial charge in [-0.15, -0.1) is 0 Å². The lowest BCUT2D eigenvalue weighted by Crippen LogP contribution is -2.44. The predicted octanol–water partition coefficient (Wildman–Crippen LogP) is 1.94. The monoisotopic (exact) mass is 230 g/mol. The molecule has 1 rings (SSSR count). The number of amides is 1. The molecule has 2 N–H and O–H groups in total. The molecular weight excluding hydrogens is 212 g/mol. The summed E-state index contributed by atoms with van der Waals surface area (Å²) in [5.41, 5.74) is 0. The Bertz CT molecular complexity index is 225. The maximum atomic E-state index is 10.9. The van der Waals surface area contributed by atoms with Crippen LogP contribution in [0, 0.1) is 0 Å². The normalized spacial score (nSPS) is 17.7. The number of carbonyl (C=O) groups excluding carboxylic acids is 1. The number of carbonyl (C=O) groups is 1. The molecule has 0 atom stereocenters. The second kappa shape index (κ2) is 6.61. The fourth-order valence-corrected chi connectivity index (χ4v) is 2.04. The van der Waals surface area contributed by atoms with Crippen molar-refractivity contribution in [1.82, 2.24) is 10.6 Å². The molecule has 15 heavy (non-hydrogen) atoms. The molecule has 1 amide bonds. The van der Waals surface area contributed by atoms with Gasteiger partial charge in [-0.2, -0.15) is 0 Å². The van der Waals surface area contributed by atoms with E-state index in [1.165, 1.54) is 32.8 Å². The van der Waals surface area contributed by atoms with Crippen LogP contribution in [0.3, 0.4) is 0 Å². The van der Waals surface area contributed by atoms with Crippen molar-refractivity contribution in [2.45, 2.75) is 44.6 Å². The standard InChI is InChI=1S/C10H18N2O2S/c1-14-10(13)12-9(15)11-8-6-4-2-3-5-7-8/h8H,2-7H2,1H3,(H2,11,12,13,15). The fourth-order valence-electron chi connectivity index (χ4n) is 1.79. The van der Waals surface area contributed by atoms with E-state index in [1.54, 1.807) is 0 Å². The molecule has 5 heteroatoms. The average Bonchev–Trinajstić information content (AvgIpc) is 2.46. The summed E-state index contributed by atoms with van der Waals surface area (Å²) >= 11 is 5.00. The van der Waals surface area contributed by atoms with Crippen molar-refractivity contribution in [3.05, 3.63) is 0 Å². The van der Waals surface area contributed by atoms with Gasteiger partial charge in [0.25, 0.3) is 0 Å². The lowest BCUT2D eigenvalue weighted by atomic mass is 10.1. The summed E-state index contributed by atoms with van der Waals surface area (Å²) in [6.07, 6.45) is 6.81. The number of ether oxygens (including phenoxy) is 1. The number of nitrogens with one attached hydrogen (secondary N) is 2. The zero-order valence-corrected chi connectivity index (χ0v) is 9.86. The third-order valence-electron chi connectivity index (χ3n) is 2.59. The van der Waals surface area contributed by atoms with E-state index in [4.69, 9.17) is 12.2 Å². The Kier molecular flexibility index (Phi) is 5.39. The summed E-state index contributed by atoms with van der Waals surface area (Å²) in [5, 5.41) is 5.97. The van der Waals surface area contributed by atoms with E-state index in [2.05, 4.69) is 15.4 Å². The number of hydrogen-bond donors (Lipinski definition) is 2. The van der Waals surface area contributed by atoms with Crippen LogP contribution in [0.25, 0.3) is 0 Å². The van der Waals surface area contributed by atoms with Crippen LogP contribution in [0.1, 0.15) is 38.5 Å². The van der Waals surface area contributed by atoms with Crippen molar-refractivity contribution in [3.63, 3.8) is 0 Å². The predicted molar refractivity (Wildman–Crippen MR) is 62.8 cm³/mol. The van der Waals surface area contributed by atoms with Gasteiger partial charge in [0.2, 0.25) is 0 Å². The molecule has 1 aliphatic rings. The Morgan fingerprint density at radius 1 is 1.27 bits per heavy atom. The quantitative estimate of drug-likeness (QED) is 0.534. The number of rotatable bonds is 1. The van der Waals surface area contributed by atoms with Crippen LogP contribution in [-0.2, 0) is 4.74 Å². The van der Waals surface area contributed by atoms with E-state index < -0.39 is 6.09 Å². The van der Waals surface area contributed by atoms with Gasteiger partial charge in [0.15, 0.2) is 5.11 Å². The highest BCUT2D eigenvalue weighted by Gasteiger charge is 2.13. The molecule has 0 heterocycles. The lowest BCUT2D eigenvalue weighted by Gasteiger charge is -2.17. The van der Waals surface area contributed by atoms with Crippen LogP contribution >= 0.6 is 12.2 Å². The minimum atomic E-state index is -0.513. The van der Waals surface area contributed by atoms with Crippen molar-refractivity contribution in [2.24, 2.45) is 0 Å². The Morgan fingerprint density at radius 2 is 1.87 bits per heavy atom. The summed E-state index contributed by atoms with van der Waals surface area (Å²) in [4.78, 5) is 10.9. The van der Waals surface area contributed by atoms with Crippen LogP contribution in [0.15, 0.2) is 0 Å². The van der Waals surface area contributed by atoms with E-state index in [0.29, 0.717) is 11.2 Å². The van der Waals surface area contributed by atoms with Gasteiger partial charge in [0.1, 0.15) is 0 Å². The minimum Gasteiger partial charge on any atom is -0.453 e. The second-order valence-electron chi connectivity index (χ2n) is 3.78. The van der Waals surface area contributed by atoms with Gasteiger partial charge < -0.3 is 10.1 Å². The molecule has 0 unspecified atom stereocenters. The molecule has 1 saturated carbocycles. The van der Waals surface area contributed by atoms with Crippen molar-refractivity contribution >= 4 is 23.4 Å². The van der Waals surface area contributed by atoms with Crippen LogP contribution in [0.4, 0.5) is 4.79 Å². The molecule has 0 saturated heterocycles. The number of methoxy groups -OCH3 is 1. The smallest absolute Gasteiger partial charge is 0.413 e. The Labute approximate surface area is 95.8 Å². The zero-order valence-electron chi connectivity index (χ0n) is 9.04. The van der Waals surface area contributed by atoms with E-state index in [-0.39, 0.29) is 0 Å². The SMILES string of the molecule is COC(=O)NC(=S)NC1CCCCCC1. The summed E-state index contributed by atoms with van der Waals surface area (Å²) < 4.78 is 4.46. The highest BCUT2D eigenvalue weighted by atomic mass is 32.1. The van der Waals surface area contributed by atoms with Gasteiger partial charge in [-0.1, -0.05) is 25.7 Å². The van der Waals surface area contributed by atoms with Gasteiger partial charge >= 0.3 is 6.09 Å².